The monoisotopic (exact) mass is 621 g/mol. The summed E-state index contributed by atoms with van der Waals surface area (Å²) in [5.41, 5.74) is 3.85. The van der Waals surface area contributed by atoms with Gasteiger partial charge in [-0.15, -0.1) is 0 Å². The second-order valence-electron chi connectivity index (χ2n) is 15.3. The van der Waals surface area contributed by atoms with Gasteiger partial charge in [-0.25, -0.2) is 9.59 Å². The van der Waals surface area contributed by atoms with Crippen molar-refractivity contribution in [2.45, 2.75) is 132 Å². The number of esters is 1. The number of nitrogens with zero attached hydrogens (tertiary/aromatic N) is 1. The fourth-order valence-corrected chi connectivity index (χ4v) is 5.62. The summed E-state index contributed by atoms with van der Waals surface area (Å²) in [4.78, 5) is 79.9. The standard InChI is InChI=1S/C32H55N5O7/c1-17(2)20-15-22(27(40)34-21(23(38)26(33)39)14-19-12-11-13-19)37(16-20)28(41)24(31(5,6)7)35-30(43)36-25(32(8,9)10)29(42)44-18(3)4/h17-22,24-25H,11-16H2,1-10H3,(H2,33,39)(H,34,40)(H2,35,36,43)/t20-,21?,22+,24-,25+/m1/s1. The van der Waals surface area contributed by atoms with Gasteiger partial charge in [0.2, 0.25) is 17.6 Å². The maximum atomic E-state index is 14.2. The summed E-state index contributed by atoms with van der Waals surface area (Å²) in [6, 6.07) is -4.71. The van der Waals surface area contributed by atoms with Crippen LogP contribution in [0.25, 0.3) is 0 Å². The summed E-state index contributed by atoms with van der Waals surface area (Å²) in [5, 5.41) is 8.20. The van der Waals surface area contributed by atoms with Gasteiger partial charge >= 0.3 is 12.0 Å². The zero-order valence-corrected chi connectivity index (χ0v) is 28.2. The molecular weight excluding hydrogens is 566 g/mol. The Labute approximate surface area is 262 Å². The number of nitrogens with two attached hydrogens (primary N) is 1. The first kappa shape index (κ1) is 37.0. The van der Waals surface area contributed by atoms with Crippen molar-refractivity contribution in [3.63, 3.8) is 0 Å². The lowest BCUT2D eigenvalue weighted by Crippen LogP contribution is -2.62. The zero-order valence-electron chi connectivity index (χ0n) is 28.2. The van der Waals surface area contributed by atoms with Crippen molar-refractivity contribution in [2.75, 3.05) is 6.54 Å². The van der Waals surface area contributed by atoms with Crippen LogP contribution in [0.2, 0.25) is 0 Å². The molecule has 0 aromatic carbocycles. The highest BCUT2D eigenvalue weighted by Crippen LogP contribution is 2.33. The Morgan fingerprint density at radius 3 is 1.84 bits per heavy atom. The number of Topliss-reactive ketones (excluding diaryl/α,β-unsaturated/α-hetero) is 1. The van der Waals surface area contributed by atoms with E-state index in [-0.39, 0.29) is 30.4 Å². The van der Waals surface area contributed by atoms with Crippen molar-refractivity contribution in [1.82, 2.24) is 20.9 Å². The fraction of sp³-hybridized carbons (Fsp3) is 0.812. The fourth-order valence-electron chi connectivity index (χ4n) is 5.62. The molecule has 5 amide bonds. The van der Waals surface area contributed by atoms with Crippen LogP contribution in [0.1, 0.15) is 101 Å². The summed E-state index contributed by atoms with van der Waals surface area (Å²) in [6.45, 7) is 18.6. The number of carbonyl (C=O) groups is 6. The Morgan fingerprint density at radius 2 is 1.41 bits per heavy atom. The first-order valence-corrected chi connectivity index (χ1v) is 15.8. The number of hydrogen-bond donors (Lipinski definition) is 4. The molecule has 1 saturated heterocycles. The van der Waals surface area contributed by atoms with Crippen LogP contribution in [0, 0.1) is 28.6 Å². The lowest BCUT2D eigenvalue weighted by atomic mass is 9.80. The first-order chi connectivity index (χ1) is 20.1. The summed E-state index contributed by atoms with van der Waals surface area (Å²) in [7, 11) is 0. The predicted octanol–water partition coefficient (Wildman–Crippen LogP) is 2.67. The molecule has 1 aliphatic heterocycles. The predicted molar refractivity (Wildman–Crippen MR) is 166 cm³/mol. The van der Waals surface area contributed by atoms with Crippen molar-refractivity contribution in [1.29, 1.82) is 0 Å². The van der Waals surface area contributed by atoms with Crippen molar-refractivity contribution in [2.24, 2.45) is 34.3 Å². The number of ketones is 1. The second kappa shape index (κ2) is 14.7. The second-order valence-corrected chi connectivity index (χ2v) is 15.3. The summed E-state index contributed by atoms with van der Waals surface area (Å²) in [6.07, 6.45) is 3.16. The van der Waals surface area contributed by atoms with Crippen LogP contribution in [-0.4, -0.2) is 77.2 Å². The highest BCUT2D eigenvalue weighted by molar-refractivity contribution is 6.37. The molecule has 1 unspecified atom stereocenters. The maximum absolute atomic E-state index is 14.2. The average molecular weight is 622 g/mol. The van der Waals surface area contributed by atoms with E-state index in [1.165, 1.54) is 4.90 Å². The number of likely N-dealkylation sites (tertiary alicyclic amines) is 1. The third kappa shape index (κ3) is 9.92. The summed E-state index contributed by atoms with van der Waals surface area (Å²) in [5.74, 6) is -3.15. The molecule has 0 spiro atoms. The molecule has 44 heavy (non-hydrogen) atoms. The number of rotatable bonds is 12. The van der Waals surface area contributed by atoms with E-state index in [1.54, 1.807) is 55.4 Å². The SMILES string of the molecule is CC(C)OC(=O)[C@H](NC(=O)N[C@H](C(=O)N1C[C@H](C(C)C)C[C@H]1C(=O)NC(CC1CCC1)C(=O)C(N)=O)C(C)(C)C)C(C)(C)C. The molecule has 0 aromatic rings. The van der Waals surface area contributed by atoms with Crippen molar-refractivity contribution < 1.29 is 33.5 Å². The minimum Gasteiger partial charge on any atom is -0.461 e. The molecular formula is C32H55N5O7. The quantitative estimate of drug-likeness (QED) is 0.191. The molecule has 2 aliphatic rings. The van der Waals surface area contributed by atoms with Gasteiger partial charge in [0, 0.05) is 6.54 Å². The number of nitrogens with one attached hydrogen (secondary N) is 3. The number of amides is 5. The molecule has 1 heterocycles. The van der Waals surface area contributed by atoms with Gasteiger partial charge in [-0.3, -0.25) is 19.2 Å². The zero-order chi connectivity index (χ0) is 33.7. The van der Waals surface area contributed by atoms with Crippen LogP contribution in [0.4, 0.5) is 4.79 Å². The lowest BCUT2D eigenvalue weighted by molar-refractivity contribution is -0.152. The van der Waals surface area contributed by atoms with Crippen LogP contribution in [-0.2, 0) is 28.7 Å². The Kier molecular flexibility index (Phi) is 12.4. The van der Waals surface area contributed by atoms with Gasteiger partial charge in [-0.2, -0.15) is 0 Å². The van der Waals surface area contributed by atoms with Crippen LogP contribution >= 0.6 is 0 Å². The van der Waals surface area contributed by atoms with Crippen molar-refractivity contribution in [3.8, 4) is 0 Å². The number of urea groups is 1. The topological polar surface area (TPSA) is 177 Å². The van der Waals surface area contributed by atoms with Crippen LogP contribution in [0.3, 0.4) is 0 Å². The van der Waals surface area contributed by atoms with E-state index in [0.29, 0.717) is 12.8 Å². The third-order valence-electron chi connectivity index (χ3n) is 8.65. The Bertz CT molecular complexity index is 1090. The van der Waals surface area contributed by atoms with Crippen LogP contribution in [0.15, 0.2) is 0 Å². The number of hydrogen-bond acceptors (Lipinski definition) is 7. The molecule has 12 nitrogen and oxygen atoms in total. The van der Waals surface area contributed by atoms with Crippen molar-refractivity contribution in [3.05, 3.63) is 0 Å². The van der Waals surface area contributed by atoms with E-state index in [0.717, 1.165) is 19.3 Å². The highest BCUT2D eigenvalue weighted by Gasteiger charge is 2.47. The van der Waals surface area contributed by atoms with E-state index in [2.05, 4.69) is 16.0 Å². The Hall–Kier alpha value is -3.18. The normalized spacial score (nSPS) is 21.2. The van der Waals surface area contributed by atoms with Gasteiger partial charge in [0.05, 0.1) is 12.1 Å². The van der Waals surface area contributed by atoms with E-state index >= 15 is 0 Å². The Balaban J connectivity index is 2.32. The molecule has 0 radical (unpaired) electrons. The van der Waals surface area contributed by atoms with E-state index < -0.39 is 70.5 Å². The van der Waals surface area contributed by atoms with Gasteiger partial charge in [0.15, 0.2) is 0 Å². The lowest BCUT2D eigenvalue weighted by Gasteiger charge is -2.37. The molecule has 2 fully saturated rings. The summed E-state index contributed by atoms with van der Waals surface area (Å²) >= 11 is 0. The molecule has 1 aliphatic carbocycles. The summed E-state index contributed by atoms with van der Waals surface area (Å²) < 4.78 is 5.36. The molecule has 5 N–H and O–H groups in total. The van der Waals surface area contributed by atoms with Gasteiger partial charge < -0.3 is 31.3 Å². The van der Waals surface area contributed by atoms with E-state index in [4.69, 9.17) is 10.5 Å². The molecule has 2 rings (SSSR count). The number of primary amides is 1. The molecule has 12 heteroatoms. The minimum absolute atomic E-state index is 0.00264. The van der Waals surface area contributed by atoms with Crippen LogP contribution in [0.5, 0.6) is 0 Å². The molecule has 1 saturated carbocycles. The average Bonchev–Trinajstić information content (AvgIpc) is 3.30. The number of ether oxygens (including phenoxy) is 1. The van der Waals surface area contributed by atoms with E-state index in [1.807, 2.05) is 13.8 Å². The molecule has 250 valence electrons. The molecule has 0 bridgehead atoms. The highest BCUT2D eigenvalue weighted by atomic mass is 16.5. The van der Waals surface area contributed by atoms with Gasteiger partial charge in [0.1, 0.15) is 18.1 Å². The van der Waals surface area contributed by atoms with Crippen LogP contribution < -0.4 is 21.7 Å². The van der Waals surface area contributed by atoms with Gasteiger partial charge in [-0.1, -0.05) is 74.7 Å². The van der Waals surface area contributed by atoms with Gasteiger partial charge in [-0.05, 0) is 55.3 Å². The molecule has 0 aromatic heterocycles. The maximum Gasteiger partial charge on any atom is 0.329 e. The number of carbonyl (C=O) groups excluding carboxylic acids is 6. The largest absolute Gasteiger partial charge is 0.461 e. The molecule has 5 atom stereocenters. The Morgan fingerprint density at radius 1 is 0.864 bits per heavy atom. The third-order valence-corrected chi connectivity index (χ3v) is 8.65. The minimum atomic E-state index is -1.11. The van der Waals surface area contributed by atoms with Gasteiger partial charge in [0.25, 0.3) is 5.91 Å². The van der Waals surface area contributed by atoms with Crippen molar-refractivity contribution >= 4 is 35.5 Å². The van der Waals surface area contributed by atoms with E-state index in [9.17, 15) is 28.8 Å². The first-order valence-electron chi connectivity index (χ1n) is 15.8. The smallest absolute Gasteiger partial charge is 0.329 e.